The van der Waals surface area contributed by atoms with E-state index in [-0.39, 0.29) is 0 Å². The first-order valence-electron chi connectivity index (χ1n) is 7.85. The van der Waals surface area contributed by atoms with Crippen molar-refractivity contribution in [1.29, 1.82) is 0 Å². The van der Waals surface area contributed by atoms with Crippen molar-refractivity contribution in [2.45, 2.75) is 45.8 Å². The molecule has 1 N–H and O–H groups in total. The molecule has 0 spiro atoms. The van der Waals surface area contributed by atoms with E-state index in [9.17, 15) is 0 Å². The van der Waals surface area contributed by atoms with Gasteiger partial charge in [-0.1, -0.05) is 36.7 Å². The van der Waals surface area contributed by atoms with Crippen molar-refractivity contribution in [2.24, 2.45) is 5.92 Å². The standard InChI is InChI=1S/C17H27BrN2O/c1-5-15-11-20(16(9-19-15)12(2)3)10-13-8-14(18)6-7-17(13)21-4/h6-8,12,15-16,19H,5,9-11H2,1-4H3. The van der Waals surface area contributed by atoms with Crippen LogP contribution < -0.4 is 10.1 Å². The molecule has 1 aliphatic rings. The zero-order valence-electron chi connectivity index (χ0n) is 13.5. The molecule has 2 rings (SSSR count). The minimum absolute atomic E-state index is 0.580. The molecule has 1 aromatic carbocycles. The van der Waals surface area contributed by atoms with Crippen LogP contribution in [-0.2, 0) is 6.54 Å². The summed E-state index contributed by atoms with van der Waals surface area (Å²) in [5, 5.41) is 3.67. The highest BCUT2D eigenvalue weighted by atomic mass is 79.9. The predicted octanol–water partition coefficient (Wildman–Crippen LogP) is 3.67. The second-order valence-corrected chi connectivity index (χ2v) is 7.13. The molecule has 2 unspecified atom stereocenters. The highest BCUT2D eigenvalue weighted by Crippen LogP contribution is 2.27. The third-order valence-corrected chi connectivity index (χ3v) is 4.91. The number of benzene rings is 1. The fourth-order valence-corrected chi connectivity index (χ4v) is 3.51. The van der Waals surface area contributed by atoms with Crippen LogP contribution in [0.1, 0.15) is 32.8 Å². The van der Waals surface area contributed by atoms with Gasteiger partial charge in [0.1, 0.15) is 5.75 Å². The summed E-state index contributed by atoms with van der Waals surface area (Å²) >= 11 is 3.57. The summed E-state index contributed by atoms with van der Waals surface area (Å²) in [5.74, 6) is 1.63. The van der Waals surface area contributed by atoms with Crippen LogP contribution >= 0.6 is 15.9 Å². The van der Waals surface area contributed by atoms with Crippen molar-refractivity contribution in [2.75, 3.05) is 20.2 Å². The summed E-state index contributed by atoms with van der Waals surface area (Å²) < 4.78 is 6.64. The number of halogens is 1. The molecule has 1 heterocycles. The molecule has 21 heavy (non-hydrogen) atoms. The van der Waals surface area contributed by atoms with Crippen LogP contribution in [0.5, 0.6) is 5.75 Å². The number of methoxy groups -OCH3 is 1. The van der Waals surface area contributed by atoms with Crippen LogP contribution in [0.15, 0.2) is 22.7 Å². The molecule has 2 atom stereocenters. The molecular formula is C17H27BrN2O. The average Bonchev–Trinajstić information content (AvgIpc) is 2.47. The molecule has 1 aromatic rings. The van der Waals surface area contributed by atoms with E-state index in [1.165, 1.54) is 12.0 Å². The topological polar surface area (TPSA) is 24.5 Å². The lowest BCUT2D eigenvalue weighted by Crippen LogP contribution is -2.57. The van der Waals surface area contributed by atoms with Crippen LogP contribution in [0.25, 0.3) is 0 Å². The Kier molecular flexibility index (Phi) is 6.08. The Labute approximate surface area is 137 Å². The summed E-state index contributed by atoms with van der Waals surface area (Å²) in [6.45, 7) is 10.0. The minimum Gasteiger partial charge on any atom is -0.496 e. The van der Waals surface area contributed by atoms with Crippen LogP contribution in [0.4, 0.5) is 0 Å². The SMILES string of the molecule is CCC1CN(Cc2cc(Br)ccc2OC)C(C(C)C)CN1. The first kappa shape index (κ1) is 16.8. The van der Waals surface area contributed by atoms with Gasteiger partial charge in [-0.2, -0.15) is 0 Å². The molecule has 4 heteroatoms. The average molecular weight is 355 g/mol. The number of piperazine rings is 1. The van der Waals surface area contributed by atoms with E-state index >= 15 is 0 Å². The fraction of sp³-hybridized carbons (Fsp3) is 0.647. The maximum Gasteiger partial charge on any atom is 0.123 e. The molecule has 0 aromatic heterocycles. The van der Waals surface area contributed by atoms with Crippen molar-refractivity contribution < 1.29 is 4.74 Å². The molecule has 0 bridgehead atoms. The van der Waals surface area contributed by atoms with Crippen molar-refractivity contribution in [3.63, 3.8) is 0 Å². The Balaban J connectivity index is 2.19. The molecule has 0 saturated carbocycles. The smallest absolute Gasteiger partial charge is 0.123 e. The number of nitrogens with zero attached hydrogens (tertiary/aromatic N) is 1. The Morgan fingerprint density at radius 2 is 2.19 bits per heavy atom. The largest absolute Gasteiger partial charge is 0.496 e. The molecule has 0 aliphatic carbocycles. The second-order valence-electron chi connectivity index (χ2n) is 6.21. The predicted molar refractivity (Wildman–Crippen MR) is 91.8 cm³/mol. The Hall–Kier alpha value is -0.580. The number of rotatable bonds is 5. The molecule has 0 amide bonds. The number of nitrogens with one attached hydrogen (secondary N) is 1. The monoisotopic (exact) mass is 354 g/mol. The van der Waals surface area contributed by atoms with Gasteiger partial charge in [-0.15, -0.1) is 0 Å². The highest BCUT2D eigenvalue weighted by Gasteiger charge is 2.29. The maximum atomic E-state index is 5.53. The Morgan fingerprint density at radius 1 is 1.43 bits per heavy atom. The van der Waals surface area contributed by atoms with Gasteiger partial charge in [0.05, 0.1) is 7.11 Å². The van der Waals surface area contributed by atoms with Gasteiger partial charge < -0.3 is 10.1 Å². The second kappa shape index (κ2) is 7.61. The van der Waals surface area contributed by atoms with Gasteiger partial charge in [0.15, 0.2) is 0 Å². The zero-order valence-corrected chi connectivity index (χ0v) is 15.1. The van der Waals surface area contributed by atoms with Gasteiger partial charge in [-0.3, -0.25) is 4.90 Å². The lowest BCUT2D eigenvalue weighted by atomic mass is 9.97. The Bertz CT molecular complexity index is 464. The van der Waals surface area contributed by atoms with E-state index in [2.05, 4.69) is 53.0 Å². The normalized spacial score (nSPS) is 23.5. The maximum absolute atomic E-state index is 5.53. The summed E-state index contributed by atoms with van der Waals surface area (Å²) in [4.78, 5) is 2.61. The van der Waals surface area contributed by atoms with Crippen LogP contribution in [-0.4, -0.2) is 37.2 Å². The van der Waals surface area contributed by atoms with Gasteiger partial charge in [0.2, 0.25) is 0 Å². The van der Waals surface area contributed by atoms with Gasteiger partial charge in [0.25, 0.3) is 0 Å². The summed E-state index contributed by atoms with van der Waals surface area (Å²) in [6.07, 6.45) is 1.18. The number of hydrogen-bond donors (Lipinski definition) is 1. The van der Waals surface area contributed by atoms with E-state index < -0.39 is 0 Å². The first-order valence-corrected chi connectivity index (χ1v) is 8.64. The van der Waals surface area contributed by atoms with Gasteiger partial charge in [-0.25, -0.2) is 0 Å². The summed E-state index contributed by atoms with van der Waals surface area (Å²) in [7, 11) is 1.75. The van der Waals surface area contributed by atoms with E-state index in [1.807, 2.05) is 12.1 Å². The van der Waals surface area contributed by atoms with E-state index in [0.717, 1.165) is 29.9 Å². The molecular weight excluding hydrogens is 328 g/mol. The van der Waals surface area contributed by atoms with Crippen molar-refractivity contribution in [1.82, 2.24) is 10.2 Å². The van der Waals surface area contributed by atoms with Gasteiger partial charge >= 0.3 is 0 Å². The lowest BCUT2D eigenvalue weighted by molar-refractivity contribution is 0.0892. The van der Waals surface area contributed by atoms with Gasteiger partial charge in [0, 0.05) is 41.8 Å². The van der Waals surface area contributed by atoms with E-state index in [4.69, 9.17) is 4.74 Å². The van der Waals surface area contributed by atoms with Crippen molar-refractivity contribution in [3.05, 3.63) is 28.2 Å². The van der Waals surface area contributed by atoms with Crippen LogP contribution in [0.2, 0.25) is 0 Å². The van der Waals surface area contributed by atoms with Crippen LogP contribution in [0.3, 0.4) is 0 Å². The summed E-state index contributed by atoms with van der Waals surface area (Å²) in [6, 6.07) is 7.44. The quantitative estimate of drug-likeness (QED) is 0.872. The zero-order chi connectivity index (χ0) is 15.4. The third kappa shape index (κ3) is 4.21. The van der Waals surface area contributed by atoms with E-state index in [0.29, 0.717) is 18.0 Å². The number of ether oxygens (including phenoxy) is 1. The van der Waals surface area contributed by atoms with Crippen molar-refractivity contribution in [3.8, 4) is 5.75 Å². The first-order chi connectivity index (χ1) is 10.0. The molecule has 118 valence electrons. The Morgan fingerprint density at radius 3 is 2.81 bits per heavy atom. The number of hydrogen-bond acceptors (Lipinski definition) is 3. The summed E-state index contributed by atoms with van der Waals surface area (Å²) in [5.41, 5.74) is 1.26. The fourth-order valence-electron chi connectivity index (χ4n) is 3.10. The van der Waals surface area contributed by atoms with Crippen molar-refractivity contribution >= 4 is 15.9 Å². The minimum atomic E-state index is 0.580. The van der Waals surface area contributed by atoms with Crippen LogP contribution in [0, 0.1) is 5.92 Å². The molecule has 1 fully saturated rings. The van der Waals surface area contributed by atoms with E-state index in [1.54, 1.807) is 7.11 Å². The molecule has 0 radical (unpaired) electrons. The lowest BCUT2D eigenvalue weighted by Gasteiger charge is -2.42. The third-order valence-electron chi connectivity index (χ3n) is 4.42. The van der Waals surface area contributed by atoms with Gasteiger partial charge in [-0.05, 0) is 30.5 Å². The highest BCUT2D eigenvalue weighted by molar-refractivity contribution is 9.10. The molecule has 1 saturated heterocycles. The molecule has 1 aliphatic heterocycles. The molecule has 3 nitrogen and oxygen atoms in total.